The summed E-state index contributed by atoms with van der Waals surface area (Å²) in [5.74, 6) is 0.379. The summed E-state index contributed by atoms with van der Waals surface area (Å²) in [5.41, 5.74) is 2.88. The van der Waals surface area contributed by atoms with E-state index in [1.165, 1.54) is 12.1 Å². The standard InChI is InChI=1S/C21H17ClFN5OS/c22-15-5-3-14(4-6-15)19-25-21-28(26-19)17-9-10-27(12-18(17)30-21)20(29)24-11-13-1-7-16(23)8-2-13/h1-8H,9-12H2,(H,24,29). The largest absolute Gasteiger partial charge is 0.334 e. The van der Waals surface area contributed by atoms with Crippen LogP contribution in [0.1, 0.15) is 16.1 Å². The van der Waals surface area contributed by atoms with E-state index < -0.39 is 0 Å². The lowest BCUT2D eigenvalue weighted by Crippen LogP contribution is -2.42. The van der Waals surface area contributed by atoms with Gasteiger partial charge in [0.25, 0.3) is 0 Å². The quantitative estimate of drug-likeness (QED) is 0.508. The Hall–Kier alpha value is -2.97. The Kier molecular flexibility index (Phi) is 4.88. The number of nitrogens with zero attached hydrogens (tertiary/aromatic N) is 4. The SMILES string of the molecule is O=C(NCc1ccc(F)cc1)N1CCc2c(sc3nc(-c4ccc(Cl)cc4)nn23)C1. The number of amides is 2. The maximum Gasteiger partial charge on any atom is 0.318 e. The van der Waals surface area contributed by atoms with Gasteiger partial charge in [-0.15, -0.1) is 5.10 Å². The minimum Gasteiger partial charge on any atom is -0.334 e. The Balaban J connectivity index is 1.29. The van der Waals surface area contributed by atoms with Crippen molar-refractivity contribution in [3.8, 4) is 11.4 Å². The molecule has 0 atom stereocenters. The van der Waals surface area contributed by atoms with Crippen molar-refractivity contribution >= 4 is 33.9 Å². The molecule has 0 saturated heterocycles. The predicted molar refractivity (Wildman–Crippen MR) is 114 cm³/mol. The van der Waals surface area contributed by atoms with E-state index in [0.29, 0.717) is 36.9 Å². The molecule has 3 heterocycles. The van der Waals surface area contributed by atoms with Crippen LogP contribution in [0.5, 0.6) is 0 Å². The van der Waals surface area contributed by atoms with E-state index in [-0.39, 0.29) is 11.8 Å². The van der Waals surface area contributed by atoms with Crippen molar-refractivity contribution in [3.05, 3.63) is 75.5 Å². The molecule has 0 radical (unpaired) electrons. The Bertz CT molecular complexity index is 1220. The van der Waals surface area contributed by atoms with Crippen LogP contribution in [-0.4, -0.2) is 32.1 Å². The second kappa shape index (κ2) is 7.70. The Morgan fingerprint density at radius 1 is 1.17 bits per heavy atom. The van der Waals surface area contributed by atoms with Crippen molar-refractivity contribution in [3.63, 3.8) is 0 Å². The average molecular weight is 442 g/mol. The number of nitrogens with one attached hydrogen (secondary N) is 1. The second-order valence-corrected chi connectivity index (χ2v) is 8.56. The molecule has 2 aromatic carbocycles. The van der Waals surface area contributed by atoms with Crippen molar-refractivity contribution in [2.24, 2.45) is 0 Å². The lowest BCUT2D eigenvalue weighted by atomic mass is 10.2. The summed E-state index contributed by atoms with van der Waals surface area (Å²) >= 11 is 7.51. The number of urea groups is 1. The molecular weight excluding hydrogens is 425 g/mol. The maximum absolute atomic E-state index is 13.0. The molecule has 4 aromatic rings. The van der Waals surface area contributed by atoms with Gasteiger partial charge in [0.2, 0.25) is 4.96 Å². The van der Waals surface area contributed by atoms with Crippen molar-refractivity contribution < 1.29 is 9.18 Å². The van der Waals surface area contributed by atoms with Crippen molar-refractivity contribution in [1.82, 2.24) is 24.8 Å². The Labute approximate surface area is 180 Å². The lowest BCUT2D eigenvalue weighted by molar-refractivity contribution is 0.192. The number of thiazole rings is 1. The normalized spacial score (nSPS) is 13.5. The molecule has 0 saturated carbocycles. The molecule has 9 heteroatoms. The van der Waals surface area contributed by atoms with Gasteiger partial charge in [0, 0.05) is 35.0 Å². The van der Waals surface area contributed by atoms with E-state index in [9.17, 15) is 9.18 Å². The van der Waals surface area contributed by atoms with E-state index in [1.54, 1.807) is 28.4 Å². The first-order chi connectivity index (χ1) is 14.6. The highest BCUT2D eigenvalue weighted by molar-refractivity contribution is 7.17. The third kappa shape index (κ3) is 3.64. The van der Waals surface area contributed by atoms with E-state index in [1.807, 2.05) is 28.8 Å². The van der Waals surface area contributed by atoms with Crippen LogP contribution >= 0.6 is 22.9 Å². The zero-order valence-corrected chi connectivity index (χ0v) is 17.4. The van der Waals surface area contributed by atoms with E-state index in [4.69, 9.17) is 11.6 Å². The number of fused-ring (bicyclic) bond motifs is 3. The third-order valence-electron chi connectivity index (χ3n) is 5.07. The molecule has 5 rings (SSSR count). The summed E-state index contributed by atoms with van der Waals surface area (Å²) in [6, 6.07) is 13.4. The minimum absolute atomic E-state index is 0.133. The van der Waals surface area contributed by atoms with Crippen molar-refractivity contribution in [1.29, 1.82) is 0 Å². The van der Waals surface area contributed by atoms with Gasteiger partial charge in [0.1, 0.15) is 5.82 Å². The number of halogens is 2. The molecular formula is C21H17ClFN5OS. The van der Waals surface area contributed by atoms with Gasteiger partial charge in [0.15, 0.2) is 5.82 Å². The Morgan fingerprint density at radius 2 is 1.93 bits per heavy atom. The van der Waals surface area contributed by atoms with Crippen LogP contribution in [0.2, 0.25) is 5.02 Å². The van der Waals surface area contributed by atoms with Crippen LogP contribution in [-0.2, 0) is 19.5 Å². The van der Waals surface area contributed by atoms with Crippen LogP contribution in [0.4, 0.5) is 9.18 Å². The molecule has 1 aliphatic heterocycles. The number of aromatic nitrogens is 3. The zero-order valence-electron chi connectivity index (χ0n) is 15.8. The van der Waals surface area contributed by atoms with Gasteiger partial charge < -0.3 is 10.2 Å². The van der Waals surface area contributed by atoms with Gasteiger partial charge in [-0.2, -0.15) is 4.98 Å². The minimum atomic E-state index is -0.288. The molecule has 0 fully saturated rings. The molecule has 1 aliphatic rings. The van der Waals surface area contributed by atoms with Gasteiger partial charge in [-0.05, 0) is 42.0 Å². The summed E-state index contributed by atoms with van der Waals surface area (Å²) in [4.78, 5) is 20.9. The molecule has 1 N–H and O–H groups in total. The van der Waals surface area contributed by atoms with Gasteiger partial charge in [-0.1, -0.05) is 35.1 Å². The van der Waals surface area contributed by atoms with Gasteiger partial charge in [-0.25, -0.2) is 13.7 Å². The van der Waals surface area contributed by atoms with Crippen LogP contribution in [0.25, 0.3) is 16.3 Å². The van der Waals surface area contributed by atoms with E-state index in [2.05, 4.69) is 15.4 Å². The summed E-state index contributed by atoms with van der Waals surface area (Å²) < 4.78 is 14.9. The fraction of sp³-hybridized carbons (Fsp3) is 0.190. The molecule has 6 nitrogen and oxygen atoms in total. The second-order valence-electron chi connectivity index (χ2n) is 7.07. The van der Waals surface area contributed by atoms with Gasteiger partial charge in [0.05, 0.1) is 12.2 Å². The number of rotatable bonds is 3. The molecule has 0 bridgehead atoms. The van der Waals surface area contributed by atoms with E-state index in [0.717, 1.165) is 26.7 Å². The van der Waals surface area contributed by atoms with E-state index >= 15 is 0 Å². The molecule has 152 valence electrons. The number of carbonyl (C=O) groups is 1. The lowest BCUT2D eigenvalue weighted by Gasteiger charge is -2.26. The maximum atomic E-state index is 13.0. The first-order valence-electron chi connectivity index (χ1n) is 9.47. The number of benzene rings is 2. The fourth-order valence-electron chi connectivity index (χ4n) is 3.48. The molecule has 0 spiro atoms. The molecule has 0 unspecified atom stereocenters. The smallest absolute Gasteiger partial charge is 0.318 e. The van der Waals surface area contributed by atoms with Crippen molar-refractivity contribution in [2.75, 3.05) is 6.54 Å². The zero-order chi connectivity index (χ0) is 20.7. The fourth-order valence-corrected chi connectivity index (χ4v) is 4.72. The number of carbonyl (C=O) groups excluding carboxylic acids is 1. The summed E-state index contributed by atoms with van der Waals surface area (Å²) in [5, 5.41) is 8.24. The first-order valence-corrected chi connectivity index (χ1v) is 10.7. The molecule has 0 aliphatic carbocycles. The van der Waals surface area contributed by atoms with Crippen LogP contribution in [0.15, 0.2) is 48.5 Å². The molecule has 2 amide bonds. The van der Waals surface area contributed by atoms with Crippen LogP contribution < -0.4 is 5.32 Å². The Morgan fingerprint density at radius 3 is 2.70 bits per heavy atom. The molecule has 2 aromatic heterocycles. The first kappa shape index (κ1) is 19.0. The topological polar surface area (TPSA) is 62.5 Å². The highest BCUT2D eigenvalue weighted by Gasteiger charge is 2.26. The highest BCUT2D eigenvalue weighted by Crippen LogP contribution is 2.29. The molecule has 30 heavy (non-hydrogen) atoms. The van der Waals surface area contributed by atoms with Gasteiger partial charge in [-0.3, -0.25) is 0 Å². The third-order valence-corrected chi connectivity index (χ3v) is 6.38. The predicted octanol–water partition coefficient (Wildman–Crippen LogP) is 4.52. The highest BCUT2D eigenvalue weighted by atomic mass is 35.5. The average Bonchev–Trinajstić information content (AvgIpc) is 3.31. The van der Waals surface area contributed by atoms with Crippen molar-refractivity contribution in [2.45, 2.75) is 19.5 Å². The summed E-state index contributed by atoms with van der Waals surface area (Å²) in [6.07, 6.45) is 0.711. The monoisotopic (exact) mass is 441 g/mol. The number of hydrogen-bond donors (Lipinski definition) is 1. The van der Waals surface area contributed by atoms with Gasteiger partial charge >= 0.3 is 6.03 Å². The summed E-state index contributed by atoms with van der Waals surface area (Å²) in [7, 11) is 0. The van der Waals surface area contributed by atoms with Crippen LogP contribution in [0.3, 0.4) is 0 Å². The number of hydrogen-bond acceptors (Lipinski definition) is 4. The summed E-state index contributed by atoms with van der Waals surface area (Å²) in [6.45, 7) is 1.49. The van der Waals surface area contributed by atoms with Crippen LogP contribution in [0, 0.1) is 5.82 Å².